The number of hydrogen-bond donors (Lipinski definition) is 1. The van der Waals surface area contributed by atoms with Gasteiger partial charge in [-0.3, -0.25) is 9.69 Å². The molecule has 168 valence electrons. The summed E-state index contributed by atoms with van der Waals surface area (Å²) in [5, 5.41) is 3.81. The van der Waals surface area contributed by atoms with E-state index in [4.69, 9.17) is 25.8 Å². The Morgan fingerprint density at radius 2 is 1.61 bits per heavy atom. The molecule has 0 radical (unpaired) electrons. The SMILES string of the molecule is COc1cc(C(=O)NC[C@@H](c2ccccc2Cl)N2CCCCCC2)cc(OC)c1OC. The largest absolute Gasteiger partial charge is 0.493 e. The van der Waals surface area contributed by atoms with Gasteiger partial charge < -0.3 is 19.5 Å². The molecule has 1 saturated heterocycles. The van der Waals surface area contributed by atoms with Gasteiger partial charge in [-0.2, -0.15) is 0 Å². The van der Waals surface area contributed by atoms with Crippen molar-refractivity contribution in [3.05, 3.63) is 52.5 Å². The van der Waals surface area contributed by atoms with Crippen LogP contribution < -0.4 is 19.5 Å². The minimum absolute atomic E-state index is 0.0118. The number of halogens is 1. The van der Waals surface area contributed by atoms with Crippen LogP contribution in [0.25, 0.3) is 0 Å². The van der Waals surface area contributed by atoms with Gasteiger partial charge in [0.15, 0.2) is 11.5 Å². The van der Waals surface area contributed by atoms with E-state index in [1.807, 2.05) is 24.3 Å². The summed E-state index contributed by atoms with van der Waals surface area (Å²) < 4.78 is 16.1. The summed E-state index contributed by atoms with van der Waals surface area (Å²) in [5.41, 5.74) is 1.49. The van der Waals surface area contributed by atoms with E-state index in [0.717, 1.165) is 36.5 Å². The average Bonchev–Trinajstić information content (AvgIpc) is 3.08. The van der Waals surface area contributed by atoms with Gasteiger partial charge in [-0.1, -0.05) is 42.6 Å². The highest BCUT2D eigenvalue weighted by atomic mass is 35.5. The minimum atomic E-state index is -0.203. The summed E-state index contributed by atoms with van der Waals surface area (Å²) in [7, 11) is 4.60. The van der Waals surface area contributed by atoms with E-state index >= 15 is 0 Å². The number of methoxy groups -OCH3 is 3. The fourth-order valence-electron chi connectivity index (χ4n) is 4.09. The van der Waals surface area contributed by atoms with Gasteiger partial charge in [-0.15, -0.1) is 0 Å². The fraction of sp³-hybridized carbons (Fsp3) is 0.458. The number of ether oxygens (including phenoxy) is 3. The third kappa shape index (κ3) is 5.63. The first kappa shape index (κ1) is 23.2. The minimum Gasteiger partial charge on any atom is -0.493 e. The van der Waals surface area contributed by atoms with E-state index in [9.17, 15) is 4.79 Å². The molecular formula is C24H31ClN2O4. The van der Waals surface area contributed by atoms with Gasteiger partial charge >= 0.3 is 0 Å². The molecule has 0 aromatic heterocycles. The van der Waals surface area contributed by atoms with E-state index < -0.39 is 0 Å². The maximum Gasteiger partial charge on any atom is 0.251 e. The van der Waals surface area contributed by atoms with Crippen LogP contribution in [0.1, 0.15) is 47.6 Å². The van der Waals surface area contributed by atoms with Crippen LogP contribution in [0, 0.1) is 0 Å². The first-order valence-electron chi connectivity index (χ1n) is 10.7. The smallest absolute Gasteiger partial charge is 0.251 e. The topological polar surface area (TPSA) is 60.0 Å². The molecule has 1 N–H and O–H groups in total. The first-order valence-corrected chi connectivity index (χ1v) is 11.0. The number of nitrogens with one attached hydrogen (secondary N) is 1. The predicted octanol–water partition coefficient (Wildman–Crippen LogP) is 4.71. The van der Waals surface area contributed by atoms with Crippen molar-refractivity contribution in [1.82, 2.24) is 10.2 Å². The van der Waals surface area contributed by atoms with Crippen LogP contribution in [-0.2, 0) is 0 Å². The molecule has 2 aromatic carbocycles. The molecule has 1 atom stereocenters. The van der Waals surface area contributed by atoms with E-state index in [0.29, 0.717) is 29.4 Å². The highest BCUT2D eigenvalue weighted by Crippen LogP contribution is 2.38. The van der Waals surface area contributed by atoms with E-state index in [1.165, 1.54) is 34.2 Å². The number of benzene rings is 2. The second-order valence-electron chi connectivity index (χ2n) is 7.61. The lowest BCUT2D eigenvalue weighted by atomic mass is 10.0. The molecule has 0 bridgehead atoms. The van der Waals surface area contributed by atoms with Gasteiger partial charge in [0.05, 0.1) is 27.4 Å². The Bertz CT molecular complexity index is 857. The van der Waals surface area contributed by atoms with Gasteiger partial charge in [0.25, 0.3) is 5.91 Å². The third-order valence-electron chi connectivity index (χ3n) is 5.73. The Morgan fingerprint density at radius 3 is 2.16 bits per heavy atom. The van der Waals surface area contributed by atoms with Gasteiger partial charge in [-0.25, -0.2) is 0 Å². The molecule has 1 heterocycles. The summed E-state index contributed by atoms with van der Waals surface area (Å²) in [6.45, 7) is 2.45. The van der Waals surface area contributed by atoms with Crippen LogP contribution in [0.4, 0.5) is 0 Å². The predicted molar refractivity (Wildman–Crippen MR) is 123 cm³/mol. The van der Waals surface area contributed by atoms with Crippen molar-refractivity contribution in [2.45, 2.75) is 31.7 Å². The van der Waals surface area contributed by atoms with E-state index in [2.05, 4.69) is 10.2 Å². The molecule has 1 amide bonds. The molecule has 2 aromatic rings. The van der Waals surface area contributed by atoms with Gasteiger partial charge in [0.1, 0.15) is 0 Å². The quantitative estimate of drug-likeness (QED) is 0.636. The van der Waals surface area contributed by atoms with Crippen LogP contribution in [0.2, 0.25) is 5.02 Å². The average molecular weight is 447 g/mol. The molecule has 3 rings (SSSR count). The number of carbonyl (C=O) groups excluding carboxylic acids is 1. The maximum atomic E-state index is 13.0. The van der Waals surface area contributed by atoms with Crippen LogP contribution >= 0.6 is 11.6 Å². The molecule has 7 heteroatoms. The molecule has 31 heavy (non-hydrogen) atoms. The van der Waals surface area contributed by atoms with Gasteiger partial charge in [0, 0.05) is 17.1 Å². The van der Waals surface area contributed by atoms with Crippen molar-refractivity contribution < 1.29 is 19.0 Å². The Hall–Kier alpha value is -2.44. The lowest BCUT2D eigenvalue weighted by Crippen LogP contribution is -2.38. The summed E-state index contributed by atoms with van der Waals surface area (Å²) >= 11 is 6.54. The Balaban J connectivity index is 1.82. The molecule has 0 spiro atoms. The van der Waals surface area contributed by atoms with Crippen LogP contribution in [-0.4, -0.2) is 51.8 Å². The number of amides is 1. The molecular weight excluding hydrogens is 416 g/mol. The standard InChI is InChI=1S/C24H31ClN2O4/c1-29-21-14-17(15-22(30-2)23(21)31-3)24(28)26-16-20(18-10-6-7-11-19(18)25)27-12-8-4-5-9-13-27/h6-7,10-11,14-15,20H,4-5,8-9,12-13,16H2,1-3H3,(H,26,28)/t20-/m0/s1. The Morgan fingerprint density at radius 1 is 1.00 bits per heavy atom. The summed E-state index contributed by atoms with van der Waals surface area (Å²) in [5.74, 6) is 1.15. The molecule has 0 saturated carbocycles. The number of carbonyl (C=O) groups is 1. The van der Waals surface area contributed by atoms with E-state index in [1.54, 1.807) is 12.1 Å². The lowest BCUT2D eigenvalue weighted by molar-refractivity contribution is 0.0932. The van der Waals surface area contributed by atoms with Crippen molar-refractivity contribution in [2.24, 2.45) is 0 Å². The number of nitrogens with zero attached hydrogens (tertiary/aromatic N) is 1. The van der Waals surface area contributed by atoms with E-state index in [-0.39, 0.29) is 11.9 Å². The molecule has 1 fully saturated rings. The highest BCUT2D eigenvalue weighted by Gasteiger charge is 2.25. The molecule has 0 unspecified atom stereocenters. The number of hydrogen-bond acceptors (Lipinski definition) is 5. The third-order valence-corrected chi connectivity index (χ3v) is 6.07. The second kappa shape index (κ2) is 11.3. The van der Waals surface area contributed by atoms with Crippen LogP contribution in [0.5, 0.6) is 17.2 Å². The summed E-state index contributed by atoms with van der Waals surface area (Å²) in [4.78, 5) is 15.5. The zero-order valence-electron chi connectivity index (χ0n) is 18.4. The van der Waals surface area contributed by atoms with Crippen LogP contribution in [0.3, 0.4) is 0 Å². The first-order chi connectivity index (χ1) is 15.1. The lowest BCUT2D eigenvalue weighted by Gasteiger charge is -2.32. The Labute approximate surface area is 189 Å². The number of rotatable bonds is 8. The van der Waals surface area contributed by atoms with Crippen molar-refractivity contribution in [1.29, 1.82) is 0 Å². The maximum absolute atomic E-state index is 13.0. The summed E-state index contributed by atoms with van der Waals surface area (Å²) in [6, 6.07) is 11.2. The Kier molecular flexibility index (Phi) is 8.43. The van der Waals surface area contributed by atoms with Crippen molar-refractivity contribution >= 4 is 17.5 Å². The van der Waals surface area contributed by atoms with Gasteiger partial charge in [-0.05, 0) is 49.7 Å². The fourth-order valence-corrected chi connectivity index (χ4v) is 4.35. The highest BCUT2D eigenvalue weighted by molar-refractivity contribution is 6.31. The molecule has 0 aliphatic carbocycles. The molecule has 1 aliphatic rings. The van der Waals surface area contributed by atoms with Crippen molar-refractivity contribution in [2.75, 3.05) is 41.0 Å². The molecule has 6 nitrogen and oxygen atoms in total. The second-order valence-corrected chi connectivity index (χ2v) is 8.02. The zero-order valence-corrected chi connectivity index (χ0v) is 19.2. The molecule has 1 aliphatic heterocycles. The van der Waals surface area contributed by atoms with Crippen LogP contribution in [0.15, 0.2) is 36.4 Å². The van der Waals surface area contributed by atoms with Crippen molar-refractivity contribution in [3.8, 4) is 17.2 Å². The van der Waals surface area contributed by atoms with Gasteiger partial charge in [0.2, 0.25) is 5.75 Å². The monoisotopic (exact) mass is 446 g/mol. The normalized spacial score (nSPS) is 15.6. The number of likely N-dealkylation sites (tertiary alicyclic amines) is 1. The zero-order chi connectivity index (χ0) is 22.2. The summed E-state index contributed by atoms with van der Waals surface area (Å²) in [6.07, 6.45) is 4.79. The van der Waals surface area contributed by atoms with Crippen molar-refractivity contribution in [3.63, 3.8) is 0 Å².